The van der Waals surface area contributed by atoms with Gasteiger partial charge in [0.25, 0.3) is 11.8 Å². The lowest BCUT2D eigenvalue weighted by Gasteiger charge is -2.29. The number of morpholine rings is 1. The van der Waals surface area contributed by atoms with Crippen LogP contribution in [0.15, 0.2) is 23.2 Å². The molecule has 2 saturated heterocycles. The van der Waals surface area contributed by atoms with Crippen molar-refractivity contribution in [1.29, 1.82) is 0 Å². The molecule has 4 heterocycles. The standard InChI is InChI=1S/C17H20N2O4S/c20-16-14(13-4-2-10-24-13)15(18-5-8-22-9-6-18)17(21)19(16)11-12-3-1-7-23-12/h2,4,10,12H,1,3,5-9,11H2. The summed E-state index contributed by atoms with van der Waals surface area (Å²) in [5.74, 6) is -0.389. The van der Waals surface area contributed by atoms with E-state index in [4.69, 9.17) is 9.47 Å². The quantitative estimate of drug-likeness (QED) is 0.769. The molecule has 0 saturated carbocycles. The van der Waals surface area contributed by atoms with Crippen LogP contribution in [0.1, 0.15) is 17.7 Å². The van der Waals surface area contributed by atoms with E-state index in [9.17, 15) is 9.59 Å². The van der Waals surface area contributed by atoms with Gasteiger partial charge in [0.15, 0.2) is 0 Å². The Labute approximate surface area is 144 Å². The van der Waals surface area contributed by atoms with Gasteiger partial charge in [0, 0.05) is 24.6 Å². The first-order valence-corrected chi connectivity index (χ1v) is 9.22. The van der Waals surface area contributed by atoms with E-state index in [2.05, 4.69) is 0 Å². The maximum absolute atomic E-state index is 13.0. The lowest BCUT2D eigenvalue weighted by Crippen LogP contribution is -2.42. The number of carbonyl (C=O) groups is 2. The molecular formula is C17H20N2O4S. The van der Waals surface area contributed by atoms with E-state index >= 15 is 0 Å². The highest BCUT2D eigenvalue weighted by atomic mass is 32.1. The van der Waals surface area contributed by atoms with Gasteiger partial charge in [-0.05, 0) is 24.3 Å². The second-order valence-electron chi connectivity index (χ2n) is 6.16. The van der Waals surface area contributed by atoms with Gasteiger partial charge in [0.2, 0.25) is 0 Å². The highest BCUT2D eigenvalue weighted by Gasteiger charge is 2.43. The molecule has 1 unspecified atom stereocenters. The fraction of sp³-hybridized carbons (Fsp3) is 0.529. The van der Waals surface area contributed by atoms with Crippen LogP contribution in [0.25, 0.3) is 5.57 Å². The Morgan fingerprint density at radius 1 is 1.17 bits per heavy atom. The third-order valence-corrected chi connectivity index (χ3v) is 5.54. The minimum Gasteiger partial charge on any atom is -0.378 e. The minimum atomic E-state index is -0.195. The molecule has 128 valence electrons. The summed E-state index contributed by atoms with van der Waals surface area (Å²) in [6, 6.07) is 3.81. The summed E-state index contributed by atoms with van der Waals surface area (Å²) < 4.78 is 11.0. The molecule has 0 bridgehead atoms. The second kappa shape index (κ2) is 6.66. The van der Waals surface area contributed by atoms with Crippen molar-refractivity contribution in [3.05, 3.63) is 28.1 Å². The van der Waals surface area contributed by atoms with Crippen LogP contribution in [0.4, 0.5) is 0 Å². The molecule has 4 rings (SSSR count). The topological polar surface area (TPSA) is 59.1 Å². The normalized spacial score (nSPS) is 25.2. The van der Waals surface area contributed by atoms with Gasteiger partial charge in [-0.25, -0.2) is 0 Å². The van der Waals surface area contributed by atoms with Crippen LogP contribution in [-0.4, -0.2) is 67.2 Å². The molecule has 24 heavy (non-hydrogen) atoms. The van der Waals surface area contributed by atoms with Crippen molar-refractivity contribution in [2.45, 2.75) is 18.9 Å². The van der Waals surface area contributed by atoms with Gasteiger partial charge in [0.1, 0.15) is 5.70 Å². The first-order chi connectivity index (χ1) is 11.8. The van der Waals surface area contributed by atoms with E-state index in [1.165, 1.54) is 16.2 Å². The summed E-state index contributed by atoms with van der Waals surface area (Å²) in [7, 11) is 0. The van der Waals surface area contributed by atoms with Crippen molar-refractivity contribution in [3.8, 4) is 0 Å². The SMILES string of the molecule is O=C1C(c2cccs2)=C(N2CCOCC2)C(=O)N1CC1CCCO1. The van der Waals surface area contributed by atoms with Crippen molar-refractivity contribution < 1.29 is 19.1 Å². The smallest absolute Gasteiger partial charge is 0.277 e. The maximum Gasteiger partial charge on any atom is 0.277 e. The number of nitrogens with zero attached hydrogens (tertiary/aromatic N) is 2. The summed E-state index contributed by atoms with van der Waals surface area (Å²) in [6.07, 6.45) is 1.85. The predicted octanol–water partition coefficient (Wildman–Crippen LogP) is 1.34. The number of rotatable bonds is 4. The minimum absolute atomic E-state index is 0.0356. The molecule has 3 aliphatic rings. The Kier molecular flexibility index (Phi) is 4.39. The van der Waals surface area contributed by atoms with Crippen LogP contribution in [0.3, 0.4) is 0 Å². The molecule has 2 amide bonds. The molecule has 6 nitrogen and oxygen atoms in total. The molecular weight excluding hydrogens is 328 g/mol. The van der Waals surface area contributed by atoms with Gasteiger partial charge in [-0.15, -0.1) is 11.3 Å². The predicted molar refractivity (Wildman–Crippen MR) is 89.3 cm³/mol. The van der Waals surface area contributed by atoms with Crippen LogP contribution in [-0.2, 0) is 19.1 Å². The molecule has 0 N–H and O–H groups in total. The zero-order valence-corrected chi connectivity index (χ0v) is 14.2. The highest BCUT2D eigenvalue weighted by molar-refractivity contribution is 7.11. The van der Waals surface area contributed by atoms with Crippen molar-refractivity contribution in [3.63, 3.8) is 0 Å². The lowest BCUT2D eigenvalue weighted by atomic mass is 10.1. The van der Waals surface area contributed by atoms with Gasteiger partial charge in [-0.3, -0.25) is 14.5 Å². The van der Waals surface area contributed by atoms with Gasteiger partial charge >= 0.3 is 0 Å². The van der Waals surface area contributed by atoms with E-state index in [-0.39, 0.29) is 17.9 Å². The molecule has 1 aromatic heterocycles. The fourth-order valence-electron chi connectivity index (χ4n) is 3.44. The van der Waals surface area contributed by atoms with Crippen LogP contribution >= 0.6 is 11.3 Å². The molecule has 0 aromatic carbocycles. The van der Waals surface area contributed by atoms with Gasteiger partial charge < -0.3 is 14.4 Å². The lowest BCUT2D eigenvalue weighted by molar-refractivity contribution is -0.139. The first kappa shape index (κ1) is 15.8. The van der Waals surface area contributed by atoms with Crippen LogP contribution in [0, 0.1) is 0 Å². The Morgan fingerprint density at radius 3 is 2.67 bits per heavy atom. The zero-order valence-electron chi connectivity index (χ0n) is 13.4. The number of hydrogen-bond donors (Lipinski definition) is 0. The van der Waals surface area contributed by atoms with E-state index in [0.717, 1.165) is 17.7 Å². The van der Waals surface area contributed by atoms with Gasteiger partial charge in [-0.2, -0.15) is 0 Å². The van der Waals surface area contributed by atoms with Crippen molar-refractivity contribution in [1.82, 2.24) is 9.80 Å². The third-order valence-electron chi connectivity index (χ3n) is 4.65. The van der Waals surface area contributed by atoms with Crippen molar-refractivity contribution in [2.24, 2.45) is 0 Å². The third kappa shape index (κ3) is 2.76. The Morgan fingerprint density at radius 2 is 2.00 bits per heavy atom. The summed E-state index contributed by atoms with van der Waals surface area (Å²) >= 11 is 1.49. The average Bonchev–Trinajstić information content (AvgIpc) is 3.33. The monoisotopic (exact) mass is 348 g/mol. The number of imide groups is 1. The summed E-state index contributed by atoms with van der Waals surface area (Å²) in [6.45, 7) is 3.49. The average molecular weight is 348 g/mol. The Hall–Kier alpha value is -1.70. The summed E-state index contributed by atoms with van der Waals surface area (Å²) in [5.41, 5.74) is 1.07. The van der Waals surface area contributed by atoms with E-state index in [0.29, 0.717) is 50.7 Å². The molecule has 2 fully saturated rings. The summed E-state index contributed by atoms with van der Waals surface area (Å²) in [4.78, 5) is 30.2. The van der Waals surface area contributed by atoms with E-state index in [1.807, 2.05) is 22.4 Å². The van der Waals surface area contributed by atoms with Crippen LogP contribution in [0.2, 0.25) is 0 Å². The highest BCUT2D eigenvalue weighted by Crippen LogP contribution is 2.34. The largest absolute Gasteiger partial charge is 0.378 e. The molecule has 3 aliphatic heterocycles. The number of hydrogen-bond acceptors (Lipinski definition) is 6. The number of carbonyl (C=O) groups excluding carboxylic acids is 2. The number of thiophene rings is 1. The van der Waals surface area contributed by atoms with E-state index < -0.39 is 0 Å². The molecule has 7 heteroatoms. The van der Waals surface area contributed by atoms with Crippen molar-refractivity contribution in [2.75, 3.05) is 39.5 Å². The van der Waals surface area contributed by atoms with Gasteiger partial charge in [0.05, 0.1) is 31.4 Å². The number of ether oxygens (including phenoxy) is 2. The van der Waals surface area contributed by atoms with Gasteiger partial charge in [-0.1, -0.05) is 6.07 Å². The summed E-state index contributed by atoms with van der Waals surface area (Å²) in [5, 5.41) is 1.93. The fourth-order valence-corrected chi connectivity index (χ4v) is 4.21. The first-order valence-electron chi connectivity index (χ1n) is 8.34. The number of amides is 2. The van der Waals surface area contributed by atoms with E-state index in [1.54, 1.807) is 0 Å². The van der Waals surface area contributed by atoms with Crippen LogP contribution in [0.5, 0.6) is 0 Å². The Bertz CT molecular complexity index is 658. The zero-order chi connectivity index (χ0) is 16.5. The van der Waals surface area contributed by atoms with Crippen molar-refractivity contribution >= 4 is 28.7 Å². The molecule has 0 aliphatic carbocycles. The van der Waals surface area contributed by atoms with Crippen LogP contribution < -0.4 is 0 Å². The molecule has 0 spiro atoms. The maximum atomic E-state index is 13.0. The Balaban J connectivity index is 1.67. The molecule has 1 aromatic rings. The molecule has 1 atom stereocenters. The molecule has 0 radical (unpaired) electrons. The second-order valence-corrected chi connectivity index (χ2v) is 7.10.